The van der Waals surface area contributed by atoms with Gasteiger partial charge in [0.15, 0.2) is 0 Å². The van der Waals surface area contributed by atoms with Crippen LogP contribution in [-0.2, 0) is 15.0 Å². The standard InChI is InChI=1S/C30H41F2N5O3/c1-29(2,3)19-6-8-21(9-7-19)37(28(40)24-16-22(38)17-34-24)26(23-18-33-15-12-25(23)36(4)5)27(39)35-20-10-13-30(31,32)14-11-20/h6-9,12,15,18,20,22,24,26,34,38H,10-11,13-14,16-17H2,1-5H3,(H,35,39)/t22-,24-,26?/m1/s1. The highest BCUT2D eigenvalue weighted by atomic mass is 19.3. The molecule has 2 fully saturated rings. The molecule has 1 aromatic carbocycles. The van der Waals surface area contributed by atoms with Crippen molar-refractivity contribution in [1.82, 2.24) is 15.6 Å². The number of hydrogen-bond donors (Lipinski definition) is 3. The molecule has 8 nitrogen and oxygen atoms in total. The van der Waals surface area contributed by atoms with Crippen molar-refractivity contribution in [3.63, 3.8) is 0 Å². The number of rotatable bonds is 7. The average molecular weight is 558 g/mol. The van der Waals surface area contributed by atoms with Gasteiger partial charge in [-0.25, -0.2) is 8.78 Å². The highest BCUT2D eigenvalue weighted by Gasteiger charge is 2.42. The van der Waals surface area contributed by atoms with Gasteiger partial charge in [0.1, 0.15) is 6.04 Å². The van der Waals surface area contributed by atoms with Gasteiger partial charge in [0.2, 0.25) is 17.7 Å². The van der Waals surface area contributed by atoms with Crippen molar-refractivity contribution in [1.29, 1.82) is 0 Å². The molecule has 40 heavy (non-hydrogen) atoms. The summed E-state index contributed by atoms with van der Waals surface area (Å²) in [6, 6.07) is 7.08. The van der Waals surface area contributed by atoms with Crippen molar-refractivity contribution < 1.29 is 23.5 Å². The highest BCUT2D eigenvalue weighted by molar-refractivity contribution is 6.04. The van der Waals surface area contributed by atoms with Crippen LogP contribution in [0.5, 0.6) is 0 Å². The third kappa shape index (κ3) is 6.78. The molecule has 2 amide bonds. The number of aliphatic hydroxyl groups excluding tert-OH is 1. The van der Waals surface area contributed by atoms with Gasteiger partial charge in [-0.3, -0.25) is 19.5 Å². The van der Waals surface area contributed by atoms with Gasteiger partial charge in [-0.05, 0) is 48.4 Å². The Morgan fingerprint density at radius 3 is 2.33 bits per heavy atom. The maximum Gasteiger partial charge on any atom is 0.248 e. The van der Waals surface area contributed by atoms with Crippen LogP contribution in [0.15, 0.2) is 42.7 Å². The van der Waals surface area contributed by atoms with Crippen LogP contribution < -0.4 is 20.4 Å². The van der Waals surface area contributed by atoms with Crippen LogP contribution in [0.2, 0.25) is 0 Å². The second kappa shape index (κ2) is 11.8. The zero-order valence-electron chi connectivity index (χ0n) is 24.0. The van der Waals surface area contributed by atoms with Gasteiger partial charge in [-0.2, -0.15) is 0 Å². The lowest BCUT2D eigenvalue weighted by molar-refractivity contribution is -0.128. The highest BCUT2D eigenvalue weighted by Crippen LogP contribution is 2.37. The zero-order chi connectivity index (χ0) is 29.2. The van der Waals surface area contributed by atoms with E-state index in [4.69, 9.17) is 0 Å². The second-order valence-corrected chi connectivity index (χ2v) is 12.2. The minimum Gasteiger partial charge on any atom is -0.392 e. The Hall–Kier alpha value is -3.11. The molecule has 4 rings (SSSR count). The second-order valence-electron chi connectivity index (χ2n) is 12.2. The van der Waals surface area contributed by atoms with Crippen LogP contribution in [-0.4, -0.2) is 66.7 Å². The third-order valence-corrected chi connectivity index (χ3v) is 7.83. The minimum atomic E-state index is -2.73. The van der Waals surface area contributed by atoms with E-state index in [0.717, 1.165) is 5.56 Å². The van der Waals surface area contributed by atoms with Crippen molar-refractivity contribution in [2.75, 3.05) is 30.4 Å². The van der Waals surface area contributed by atoms with E-state index in [9.17, 15) is 23.5 Å². The topological polar surface area (TPSA) is 97.8 Å². The molecule has 1 saturated heterocycles. The van der Waals surface area contributed by atoms with Crippen molar-refractivity contribution >= 4 is 23.2 Å². The lowest BCUT2D eigenvalue weighted by Gasteiger charge is -2.36. The number of anilines is 2. The first kappa shape index (κ1) is 29.9. The number of benzene rings is 1. The molecule has 3 atom stereocenters. The van der Waals surface area contributed by atoms with E-state index in [1.54, 1.807) is 18.5 Å². The monoisotopic (exact) mass is 557 g/mol. The number of nitrogens with one attached hydrogen (secondary N) is 2. The minimum absolute atomic E-state index is 0.119. The molecule has 0 bridgehead atoms. The summed E-state index contributed by atoms with van der Waals surface area (Å²) in [5, 5.41) is 16.2. The van der Waals surface area contributed by atoms with Gasteiger partial charge >= 0.3 is 0 Å². The number of alkyl halides is 2. The Kier molecular flexibility index (Phi) is 8.80. The Balaban J connectivity index is 1.80. The summed E-state index contributed by atoms with van der Waals surface area (Å²) in [7, 11) is 3.69. The fourth-order valence-corrected chi connectivity index (χ4v) is 5.48. The molecule has 3 N–H and O–H groups in total. The molecule has 2 aromatic rings. The normalized spacial score (nSPS) is 22.0. The third-order valence-electron chi connectivity index (χ3n) is 7.83. The van der Waals surface area contributed by atoms with E-state index < -0.39 is 36.1 Å². The molecule has 0 radical (unpaired) electrons. The van der Waals surface area contributed by atoms with E-state index in [0.29, 0.717) is 16.9 Å². The van der Waals surface area contributed by atoms with Crippen molar-refractivity contribution in [2.45, 2.75) is 88.4 Å². The summed E-state index contributed by atoms with van der Waals surface area (Å²) in [5.41, 5.74) is 2.68. The molecule has 1 saturated carbocycles. The quantitative estimate of drug-likeness (QED) is 0.477. The van der Waals surface area contributed by atoms with Gasteiger partial charge in [0.05, 0.1) is 12.1 Å². The van der Waals surface area contributed by atoms with Gasteiger partial charge < -0.3 is 20.6 Å². The van der Waals surface area contributed by atoms with E-state index >= 15 is 0 Å². The first-order valence-corrected chi connectivity index (χ1v) is 13.9. The number of pyridine rings is 1. The van der Waals surface area contributed by atoms with E-state index in [2.05, 4.69) is 36.4 Å². The first-order chi connectivity index (χ1) is 18.8. The SMILES string of the molecule is CN(C)c1ccncc1C(C(=O)NC1CCC(F)(F)CC1)N(C(=O)[C@H]1C[C@@H](O)CN1)c1ccc(C(C)(C)C)cc1. The number of halogens is 2. The van der Waals surface area contributed by atoms with Gasteiger partial charge in [0, 0.05) is 68.9 Å². The Labute approximate surface area is 235 Å². The van der Waals surface area contributed by atoms with Crippen LogP contribution in [0.4, 0.5) is 20.2 Å². The summed E-state index contributed by atoms with van der Waals surface area (Å²) in [4.78, 5) is 36.0. The molecule has 1 aliphatic carbocycles. The van der Waals surface area contributed by atoms with Crippen LogP contribution in [0.3, 0.4) is 0 Å². The molecule has 1 aromatic heterocycles. The Morgan fingerprint density at radius 2 is 1.77 bits per heavy atom. The van der Waals surface area contributed by atoms with Crippen molar-refractivity contribution in [3.05, 3.63) is 53.9 Å². The van der Waals surface area contributed by atoms with Gasteiger partial charge in [0.25, 0.3) is 0 Å². The van der Waals surface area contributed by atoms with E-state index in [1.807, 2.05) is 43.3 Å². The van der Waals surface area contributed by atoms with Gasteiger partial charge in [-0.1, -0.05) is 32.9 Å². The summed E-state index contributed by atoms with van der Waals surface area (Å²) in [6.07, 6.45) is 2.47. The number of hydrogen-bond acceptors (Lipinski definition) is 6. The van der Waals surface area contributed by atoms with Crippen LogP contribution >= 0.6 is 0 Å². The lowest BCUT2D eigenvalue weighted by atomic mass is 9.87. The number of carbonyl (C=O) groups excluding carboxylic acids is 2. The van der Waals surface area contributed by atoms with E-state index in [1.165, 1.54) is 4.90 Å². The maximum absolute atomic E-state index is 14.2. The maximum atomic E-state index is 14.2. The fourth-order valence-electron chi connectivity index (χ4n) is 5.48. The van der Waals surface area contributed by atoms with E-state index in [-0.39, 0.29) is 50.0 Å². The lowest BCUT2D eigenvalue weighted by Crippen LogP contribution is -2.52. The molecule has 0 spiro atoms. The average Bonchev–Trinajstić information content (AvgIpc) is 3.34. The molecule has 1 aliphatic heterocycles. The molecule has 1 unspecified atom stereocenters. The Bertz CT molecular complexity index is 1190. The number of aliphatic hydroxyl groups is 1. The smallest absolute Gasteiger partial charge is 0.248 e. The summed E-state index contributed by atoms with van der Waals surface area (Å²) in [5.74, 6) is -3.55. The molecule has 2 aliphatic rings. The zero-order valence-corrected chi connectivity index (χ0v) is 24.0. The molecule has 10 heteroatoms. The number of β-amino-alcohol motifs (C(OH)–C–C–N with tert-alkyl or cyclic N) is 1. The largest absolute Gasteiger partial charge is 0.392 e. The number of nitrogens with zero attached hydrogens (tertiary/aromatic N) is 3. The molecule has 218 valence electrons. The number of aromatic nitrogens is 1. The molecular weight excluding hydrogens is 516 g/mol. The molecular formula is C30H41F2N5O3. The predicted octanol–water partition coefficient (Wildman–Crippen LogP) is 3.94. The van der Waals surface area contributed by atoms with Crippen LogP contribution in [0.1, 0.15) is 70.0 Å². The summed E-state index contributed by atoms with van der Waals surface area (Å²) >= 11 is 0. The fraction of sp³-hybridized carbons (Fsp3) is 0.567. The van der Waals surface area contributed by atoms with Crippen LogP contribution in [0.25, 0.3) is 0 Å². The van der Waals surface area contributed by atoms with Crippen molar-refractivity contribution in [3.8, 4) is 0 Å². The summed E-state index contributed by atoms with van der Waals surface area (Å²) < 4.78 is 27.7. The number of amides is 2. The first-order valence-electron chi connectivity index (χ1n) is 13.9. The van der Waals surface area contributed by atoms with Crippen molar-refractivity contribution in [2.24, 2.45) is 0 Å². The summed E-state index contributed by atoms with van der Waals surface area (Å²) in [6.45, 7) is 6.56. The Morgan fingerprint density at radius 1 is 1.12 bits per heavy atom. The molecule has 2 heterocycles. The van der Waals surface area contributed by atoms with Gasteiger partial charge in [-0.15, -0.1) is 0 Å². The predicted molar refractivity (Wildman–Crippen MR) is 152 cm³/mol. The number of carbonyl (C=O) groups is 2. The van der Waals surface area contributed by atoms with Crippen LogP contribution in [0, 0.1) is 0 Å².